The van der Waals surface area contributed by atoms with Crippen molar-refractivity contribution in [2.24, 2.45) is 5.92 Å². The quantitative estimate of drug-likeness (QED) is 0.615. The van der Waals surface area contributed by atoms with E-state index in [4.69, 9.17) is 5.26 Å². The van der Waals surface area contributed by atoms with Gasteiger partial charge in [0.25, 0.3) is 0 Å². The SMILES string of the molecule is CCCNC(C#N)CCN(CC)CC(CC)CC. The lowest BCUT2D eigenvalue weighted by Gasteiger charge is -2.26. The van der Waals surface area contributed by atoms with Crippen molar-refractivity contribution in [2.75, 3.05) is 26.2 Å². The van der Waals surface area contributed by atoms with E-state index < -0.39 is 0 Å². The van der Waals surface area contributed by atoms with E-state index in [0.29, 0.717) is 0 Å². The largest absolute Gasteiger partial charge is 0.303 e. The predicted molar refractivity (Wildman–Crippen MR) is 78.5 cm³/mol. The van der Waals surface area contributed by atoms with E-state index in [0.717, 1.165) is 38.4 Å². The van der Waals surface area contributed by atoms with Crippen molar-refractivity contribution in [3.8, 4) is 6.07 Å². The number of rotatable bonds is 11. The maximum Gasteiger partial charge on any atom is 0.0965 e. The van der Waals surface area contributed by atoms with Gasteiger partial charge in [0, 0.05) is 13.1 Å². The van der Waals surface area contributed by atoms with Crippen LogP contribution >= 0.6 is 0 Å². The van der Waals surface area contributed by atoms with E-state index in [2.05, 4.69) is 44.0 Å². The molecular weight excluding hydrogens is 222 g/mol. The molecule has 0 radical (unpaired) electrons. The number of nitrogens with zero attached hydrogens (tertiary/aromatic N) is 2. The molecule has 0 saturated carbocycles. The maximum absolute atomic E-state index is 9.08. The van der Waals surface area contributed by atoms with Crippen molar-refractivity contribution in [1.82, 2.24) is 10.2 Å². The number of nitriles is 1. The minimum Gasteiger partial charge on any atom is -0.303 e. The highest BCUT2D eigenvalue weighted by molar-refractivity contribution is 4.90. The molecule has 0 fully saturated rings. The van der Waals surface area contributed by atoms with Crippen LogP contribution in [0.25, 0.3) is 0 Å². The molecule has 0 aliphatic carbocycles. The van der Waals surface area contributed by atoms with E-state index in [-0.39, 0.29) is 6.04 Å². The van der Waals surface area contributed by atoms with Crippen LogP contribution in [0, 0.1) is 17.2 Å². The molecule has 3 nitrogen and oxygen atoms in total. The molecule has 0 aromatic rings. The highest BCUT2D eigenvalue weighted by atomic mass is 15.1. The van der Waals surface area contributed by atoms with Crippen LogP contribution in [0.4, 0.5) is 0 Å². The minimum atomic E-state index is 0.0145. The topological polar surface area (TPSA) is 39.1 Å². The molecule has 1 unspecified atom stereocenters. The van der Waals surface area contributed by atoms with Crippen molar-refractivity contribution in [1.29, 1.82) is 5.26 Å². The average molecular weight is 253 g/mol. The van der Waals surface area contributed by atoms with Crippen LogP contribution in [0.3, 0.4) is 0 Å². The number of nitrogens with one attached hydrogen (secondary N) is 1. The summed E-state index contributed by atoms with van der Waals surface area (Å²) in [6.45, 7) is 13.1. The Kier molecular flexibility index (Phi) is 11.1. The Balaban J connectivity index is 4.00. The molecule has 0 saturated heterocycles. The third-order valence-electron chi connectivity index (χ3n) is 3.65. The summed E-state index contributed by atoms with van der Waals surface area (Å²) in [5.74, 6) is 0.800. The van der Waals surface area contributed by atoms with Gasteiger partial charge in [-0.25, -0.2) is 0 Å². The van der Waals surface area contributed by atoms with E-state index in [1.54, 1.807) is 0 Å². The Morgan fingerprint density at radius 1 is 1.17 bits per heavy atom. The van der Waals surface area contributed by atoms with Crippen LogP contribution in [0.2, 0.25) is 0 Å². The monoisotopic (exact) mass is 253 g/mol. The first kappa shape index (κ1) is 17.4. The van der Waals surface area contributed by atoms with Crippen molar-refractivity contribution >= 4 is 0 Å². The molecule has 0 aliphatic rings. The number of hydrogen-bond acceptors (Lipinski definition) is 3. The summed E-state index contributed by atoms with van der Waals surface area (Å²) in [6, 6.07) is 2.37. The van der Waals surface area contributed by atoms with Crippen molar-refractivity contribution in [3.05, 3.63) is 0 Å². The van der Waals surface area contributed by atoms with Gasteiger partial charge in [0.2, 0.25) is 0 Å². The van der Waals surface area contributed by atoms with Gasteiger partial charge in [-0.05, 0) is 31.8 Å². The number of hydrogen-bond donors (Lipinski definition) is 1. The minimum absolute atomic E-state index is 0.0145. The summed E-state index contributed by atoms with van der Waals surface area (Å²) in [5.41, 5.74) is 0. The molecule has 1 N–H and O–H groups in total. The first-order valence-electron chi connectivity index (χ1n) is 7.56. The molecule has 0 aliphatic heterocycles. The van der Waals surface area contributed by atoms with Crippen LogP contribution in [0.1, 0.15) is 53.4 Å². The Labute approximate surface area is 114 Å². The molecule has 0 aromatic heterocycles. The zero-order valence-corrected chi connectivity index (χ0v) is 12.7. The van der Waals surface area contributed by atoms with E-state index in [1.165, 1.54) is 19.4 Å². The molecular formula is C15H31N3. The molecule has 0 spiro atoms. The first-order valence-corrected chi connectivity index (χ1v) is 7.56. The normalized spacial score (nSPS) is 12.9. The van der Waals surface area contributed by atoms with Crippen LogP contribution < -0.4 is 5.32 Å². The fourth-order valence-electron chi connectivity index (χ4n) is 2.13. The standard InChI is InChI=1S/C15H31N3/c1-5-10-17-15(12-16)9-11-18(8-4)13-14(6-2)7-3/h14-15,17H,5-11,13H2,1-4H3. The summed E-state index contributed by atoms with van der Waals surface area (Å²) in [7, 11) is 0. The third kappa shape index (κ3) is 7.68. The van der Waals surface area contributed by atoms with Gasteiger partial charge >= 0.3 is 0 Å². The fourth-order valence-corrected chi connectivity index (χ4v) is 2.13. The second-order valence-corrected chi connectivity index (χ2v) is 5.00. The molecule has 0 heterocycles. The summed E-state index contributed by atoms with van der Waals surface area (Å²) < 4.78 is 0. The second kappa shape index (κ2) is 11.5. The summed E-state index contributed by atoms with van der Waals surface area (Å²) >= 11 is 0. The molecule has 3 heteroatoms. The molecule has 0 rings (SSSR count). The Hall–Kier alpha value is -0.590. The van der Waals surface area contributed by atoms with E-state index >= 15 is 0 Å². The Morgan fingerprint density at radius 3 is 2.28 bits per heavy atom. The molecule has 106 valence electrons. The zero-order valence-electron chi connectivity index (χ0n) is 12.7. The van der Waals surface area contributed by atoms with Gasteiger partial charge in [0.15, 0.2) is 0 Å². The van der Waals surface area contributed by atoms with Crippen LogP contribution in [0.15, 0.2) is 0 Å². The van der Waals surface area contributed by atoms with Crippen LogP contribution in [-0.2, 0) is 0 Å². The van der Waals surface area contributed by atoms with Crippen molar-refractivity contribution < 1.29 is 0 Å². The second-order valence-electron chi connectivity index (χ2n) is 5.00. The van der Waals surface area contributed by atoms with E-state index in [1.807, 2.05) is 0 Å². The summed E-state index contributed by atoms with van der Waals surface area (Å²) in [4.78, 5) is 2.48. The van der Waals surface area contributed by atoms with Crippen molar-refractivity contribution in [2.45, 2.75) is 59.4 Å². The Bertz CT molecular complexity index is 218. The van der Waals surface area contributed by atoms with Crippen LogP contribution in [0.5, 0.6) is 0 Å². The lowest BCUT2D eigenvalue weighted by atomic mass is 10.0. The van der Waals surface area contributed by atoms with Gasteiger partial charge in [-0.15, -0.1) is 0 Å². The molecule has 0 bridgehead atoms. The van der Waals surface area contributed by atoms with Gasteiger partial charge in [-0.3, -0.25) is 0 Å². The molecule has 0 aromatic carbocycles. The predicted octanol–water partition coefficient (Wildman–Crippen LogP) is 3.03. The lowest BCUT2D eigenvalue weighted by molar-refractivity contribution is 0.226. The van der Waals surface area contributed by atoms with Gasteiger partial charge < -0.3 is 10.2 Å². The molecule has 1 atom stereocenters. The Morgan fingerprint density at radius 2 is 1.83 bits per heavy atom. The smallest absolute Gasteiger partial charge is 0.0965 e. The maximum atomic E-state index is 9.08. The molecule has 18 heavy (non-hydrogen) atoms. The molecule has 0 amide bonds. The third-order valence-corrected chi connectivity index (χ3v) is 3.65. The zero-order chi connectivity index (χ0) is 13.8. The van der Waals surface area contributed by atoms with Gasteiger partial charge in [-0.1, -0.05) is 40.5 Å². The van der Waals surface area contributed by atoms with Crippen LogP contribution in [-0.4, -0.2) is 37.1 Å². The van der Waals surface area contributed by atoms with Gasteiger partial charge in [0.05, 0.1) is 12.1 Å². The summed E-state index contributed by atoms with van der Waals surface area (Å²) in [5, 5.41) is 12.4. The average Bonchev–Trinajstić information content (AvgIpc) is 2.42. The highest BCUT2D eigenvalue weighted by Crippen LogP contribution is 2.10. The van der Waals surface area contributed by atoms with Gasteiger partial charge in [-0.2, -0.15) is 5.26 Å². The van der Waals surface area contributed by atoms with Crippen molar-refractivity contribution in [3.63, 3.8) is 0 Å². The fraction of sp³-hybridized carbons (Fsp3) is 0.933. The lowest BCUT2D eigenvalue weighted by Crippen LogP contribution is -2.36. The highest BCUT2D eigenvalue weighted by Gasteiger charge is 2.12. The summed E-state index contributed by atoms with van der Waals surface area (Å²) in [6.07, 6.45) is 4.53. The first-order chi connectivity index (χ1) is 8.71. The van der Waals surface area contributed by atoms with Gasteiger partial charge in [0.1, 0.15) is 0 Å². The van der Waals surface area contributed by atoms with E-state index in [9.17, 15) is 0 Å².